The first-order valence-electron chi connectivity index (χ1n) is 7.88. The van der Waals surface area contributed by atoms with Gasteiger partial charge in [0.15, 0.2) is 0 Å². The molecular weight excluding hydrogens is 348 g/mol. The molecule has 132 valence electrons. The zero-order chi connectivity index (χ0) is 18.2. The third-order valence-corrected chi connectivity index (χ3v) is 5.08. The fourth-order valence-corrected chi connectivity index (χ4v) is 3.71. The predicted molar refractivity (Wildman–Crippen MR) is 88.9 cm³/mol. The van der Waals surface area contributed by atoms with Crippen LogP contribution in [0.15, 0.2) is 23.6 Å². The van der Waals surface area contributed by atoms with E-state index in [1.165, 1.54) is 18.3 Å². The summed E-state index contributed by atoms with van der Waals surface area (Å²) in [4.78, 5) is 30.4. The molecule has 0 aliphatic carbocycles. The van der Waals surface area contributed by atoms with E-state index in [4.69, 9.17) is 0 Å². The van der Waals surface area contributed by atoms with Gasteiger partial charge in [0.05, 0.1) is 17.2 Å². The number of amides is 3. The topological polar surface area (TPSA) is 62.3 Å². The molecule has 0 bridgehead atoms. The molecule has 1 aliphatic rings. The van der Waals surface area contributed by atoms with Gasteiger partial charge in [-0.15, -0.1) is 11.3 Å². The number of nitrogens with one attached hydrogen (secondary N) is 1. The number of aryl methyl sites for hydroxylation is 1. The summed E-state index contributed by atoms with van der Waals surface area (Å²) in [7, 11) is 0. The highest BCUT2D eigenvalue weighted by Crippen LogP contribution is 2.32. The number of hydrogen-bond acceptors (Lipinski definition) is 4. The molecular formula is C17H17F2N3O2S. The van der Waals surface area contributed by atoms with Crippen LogP contribution in [0.4, 0.5) is 13.6 Å². The van der Waals surface area contributed by atoms with Crippen molar-refractivity contribution in [3.05, 3.63) is 51.5 Å². The zero-order valence-corrected chi connectivity index (χ0v) is 14.6. The fourth-order valence-electron chi connectivity index (χ4n) is 2.82. The molecule has 1 aromatic carbocycles. The number of nitrogens with zero attached hydrogens (tertiary/aromatic N) is 2. The minimum absolute atomic E-state index is 0.00257. The molecule has 1 unspecified atom stereocenters. The van der Waals surface area contributed by atoms with Gasteiger partial charge in [0.2, 0.25) is 0 Å². The van der Waals surface area contributed by atoms with Crippen molar-refractivity contribution in [1.29, 1.82) is 0 Å². The van der Waals surface area contributed by atoms with E-state index in [2.05, 4.69) is 10.3 Å². The Hall–Kier alpha value is -2.35. The molecule has 1 fully saturated rings. The van der Waals surface area contributed by atoms with Crippen LogP contribution in [0.3, 0.4) is 0 Å². The molecule has 1 N–H and O–H groups in total. The number of imide groups is 1. The summed E-state index contributed by atoms with van der Waals surface area (Å²) in [5.74, 6) is -2.06. The lowest BCUT2D eigenvalue weighted by Gasteiger charge is -2.22. The second-order valence-electron chi connectivity index (χ2n) is 6.05. The number of halogens is 2. The van der Waals surface area contributed by atoms with Crippen molar-refractivity contribution >= 4 is 23.3 Å². The Morgan fingerprint density at radius 3 is 2.80 bits per heavy atom. The summed E-state index contributed by atoms with van der Waals surface area (Å²) in [6.07, 6.45) is 1.78. The van der Waals surface area contributed by atoms with E-state index < -0.39 is 29.1 Å². The van der Waals surface area contributed by atoms with Crippen molar-refractivity contribution in [3.63, 3.8) is 0 Å². The van der Waals surface area contributed by atoms with Crippen LogP contribution in [0, 0.1) is 11.6 Å². The number of carbonyl (C=O) groups excluding carboxylic acids is 2. The third-order valence-electron chi connectivity index (χ3n) is 4.13. The van der Waals surface area contributed by atoms with Crippen molar-refractivity contribution in [2.75, 3.05) is 0 Å². The Morgan fingerprint density at radius 1 is 1.32 bits per heavy atom. The van der Waals surface area contributed by atoms with Crippen LogP contribution in [0.2, 0.25) is 0 Å². The van der Waals surface area contributed by atoms with Crippen LogP contribution in [0.25, 0.3) is 0 Å². The van der Waals surface area contributed by atoms with Gasteiger partial charge in [0.25, 0.3) is 5.91 Å². The van der Waals surface area contributed by atoms with Gasteiger partial charge in [-0.05, 0) is 38.0 Å². The van der Waals surface area contributed by atoms with Crippen LogP contribution in [-0.2, 0) is 23.3 Å². The molecule has 8 heteroatoms. The van der Waals surface area contributed by atoms with Gasteiger partial charge in [0, 0.05) is 10.9 Å². The molecule has 5 nitrogen and oxygen atoms in total. The number of benzene rings is 1. The maximum Gasteiger partial charge on any atom is 0.325 e. The molecule has 1 atom stereocenters. The van der Waals surface area contributed by atoms with E-state index in [1.807, 2.05) is 6.92 Å². The molecule has 0 spiro atoms. The second-order valence-corrected chi connectivity index (χ2v) is 7.00. The maximum absolute atomic E-state index is 14.1. The predicted octanol–water partition coefficient (Wildman–Crippen LogP) is 3.34. The monoisotopic (exact) mass is 365 g/mol. The molecule has 1 aromatic heterocycles. The normalized spacial score (nSPS) is 20.2. The van der Waals surface area contributed by atoms with Gasteiger partial charge in [-0.1, -0.05) is 6.92 Å². The summed E-state index contributed by atoms with van der Waals surface area (Å²) in [5, 5.41) is 5.20. The molecule has 2 heterocycles. The van der Waals surface area contributed by atoms with Crippen molar-refractivity contribution in [1.82, 2.24) is 15.2 Å². The van der Waals surface area contributed by atoms with E-state index in [1.54, 1.807) is 5.38 Å². The Balaban J connectivity index is 1.87. The minimum atomic E-state index is -1.65. The molecule has 3 rings (SSSR count). The highest BCUT2D eigenvalue weighted by atomic mass is 32.1. The summed E-state index contributed by atoms with van der Waals surface area (Å²) in [6, 6.07) is 2.18. The smallest absolute Gasteiger partial charge is 0.319 e. The molecule has 25 heavy (non-hydrogen) atoms. The largest absolute Gasteiger partial charge is 0.325 e. The molecule has 0 radical (unpaired) electrons. The van der Waals surface area contributed by atoms with Crippen molar-refractivity contribution < 1.29 is 18.4 Å². The lowest BCUT2D eigenvalue weighted by molar-refractivity contribution is -0.131. The summed E-state index contributed by atoms with van der Waals surface area (Å²) >= 11 is 1.47. The Morgan fingerprint density at radius 2 is 2.08 bits per heavy atom. The number of aromatic nitrogens is 1. The van der Waals surface area contributed by atoms with Crippen molar-refractivity contribution in [3.8, 4) is 0 Å². The van der Waals surface area contributed by atoms with Gasteiger partial charge in [-0.25, -0.2) is 18.6 Å². The van der Waals surface area contributed by atoms with Crippen LogP contribution in [0.5, 0.6) is 0 Å². The summed E-state index contributed by atoms with van der Waals surface area (Å²) in [5.41, 5.74) is -1.25. The van der Waals surface area contributed by atoms with Crippen LogP contribution in [0.1, 0.15) is 36.5 Å². The van der Waals surface area contributed by atoms with Crippen molar-refractivity contribution in [2.45, 2.75) is 38.8 Å². The Labute approximate surface area is 147 Å². The number of carbonyl (C=O) groups is 2. The Bertz CT molecular complexity index is 839. The lowest BCUT2D eigenvalue weighted by atomic mass is 9.91. The third kappa shape index (κ3) is 3.13. The SMILES string of the molecule is CCCc1nc(CN2C(=O)NC(C)(c3cc(F)ccc3F)C2=O)cs1. The highest BCUT2D eigenvalue weighted by Gasteiger charge is 2.50. The van der Waals surface area contributed by atoms with Gasteiger partial charge < -0.3 is 5.32 Å². The first-order chi connectivity index (χ1) is 11.8. The summed E-state index contributed by atoms with van der Waals surface area (Å²) < 4.78 is 27.6. The maximum atomic E-state index is 14.1. The Kier molecular flexibility index (Phi) is 4.55. The quantitative estimate of drug-likeness (QED) is 0.827. The first-order valence-corrected chi connectivity index (χ1v) is 8.76. The average molecular weight is 365 g/mol. The lowest BCUT2D eigenvalue weighted by Crippen LogP contribution is -2.41. The summed E-state index contributed by atoms with van der Waals surface area (Å²) in [6.45, 7) is 3.41. The van der Waals surface area contributed by atoms with Crippen LogP contribution >= 0.6 is 11.3 Å². The molecule has 1 saturated heterocycles. The van der Waals surface area contributed by atoms with E-state index in [0.717, 1.165) is 40.9 Å². The number of rotatable bonds is 5. The van der Waals surface area contributed by atoms with Crippen LogP contribution in [-0.4, -0.2) is 21.8 Å². The molecule has 1 aliphatic heterocycles. The minimum Gasteiger partial charge on any atom is -0.319 e. The first kappa shape index (κ1) is 17.5. The zero-order valence-electron chi connectivity index (χ0n) is 13.8. The van der Waals surface area contributed by atoms with Gasteiger partial charge >= 0.3 is 6.03 Å². The van der Waals surface area contributed by atoms with Crippen molar-refractivity contribution in [2.24, 2.45) is 0 Å². The highest BCUT2D eigenvalue weighted by molar-refractivity contribution is 7.09. The number of thiazole rings is 1. The van der Waals surface area contributed by atoms with Crippen LogP contribution < -0.4 is 5.32 Å². The molecule has 3 amide bonds. The molecule has 2 aromatic rings. The van der Waals surface area contributed by atoms with E-state index in [9.17, 15) is 18.4 Å². The van der Waals surface area contributed by atoms with Gasteiger partial charge in [-0.3, -0.25) is 9.69 Å². The number of urea groups is 1. The van der Waals surface area contributed by atoms with Gasteiger partial charge in [-0.2, -0.15) is 0 Å². The second kappa shape index (κ2) is 6.51. The van der Waals surface area contributed by atoms with E-state index in [-0.39, 0.29) is 12.1 Å². The average Bonchev–Trinajstić information content (AvgIpc) is 3.09. The standard InChI is InChI=1S/C17H17F2N3O2S/c1-3-4-14-20-11(9-25-14)8-22-15(23)17(2,21-16(22)24)12-7-10(18)5-6-13(12)19/h5-7,9H,3-4,8H2,1-2H3,(H,21,24). The fraction of sp³-hybridized carbons (Fsp3) is 0.353. The van der Waals surface area contributed by atoms with E-state index >= 15 is 0 Å². The number of hydrogen-bond donors (Lipinski definition) is 1. The van der Waals surface area contributed by atoms with Gasteiger partial charge in [0.1, 0.15) is 17.2 Å². The van der Waals surface area contributed by atoms with E-state index in [0.29, 0.717) is 5.69 Å². The molecule has 0 saturated carbocycles.